The first-order valence-corrected chi connectivity index (χ1v) is 7.74. The van der Waals surface area contributed by atoms with Gasteiger partial charge in [0.15, 0.2) is 11.5 Å². The monoisotopic (exact) mass is 349 g/mol. The highest BCUT2D eigenvalue weighted by molar-refractivity contribution is 9.10. The van der Waals surface area contributed by atoms with Crippen molar-refractivity contribution in [1.29, 1.82) is 0 Å². The summed E-state index contributed by atoms with van der Waals surface area (Å²) in [4.78, 5) is 0. The van der Waals surface area contributed by atoms with Crippen molar-refractivity contribution >= 4 is 15.9 Å². The first-order valence-electron chi connectivity index (χ1n) is 6.95. The zero-order valence-electron chi connectivity index (χ0n) is 12.3. The molecule has 0 aromatic heterocycles. The van der Waals surface area contributed by atoms with Gasteiger partial charge in [0.1, 0.15) is 6.61 Å². The Bertz CT molecular complexity index is 574. The van der Waals surface area contributed by atoms with E-state index in [4.69, 9.17) is 9.47 Å². The molecule has 1 atom stereocenters. The van der Waals surface area contributed by atoms with Crippen LogP contribution in [-0.2, 0) is 0 Å². The molecule has 2 rings (SSSR count). The van der Waals surface area contributed by atoms with E-state index < -0.39 is 0 Å². The summed E-state index contributed by atoms with van der Waals surface area (Å²) in [6.45, 7) is 3.51. The van der Waals surface area contributed by atoms with Crippen LogP contribution in [0.1, 0.15) is 18.5 Å². The molecular formula is C17H20BrNO2. The van der Waals surface area contributed by atoms with Crippen LogP contribution in [0, 0.1) is 0 Å². The van der Waals surface area contributed by atoms with Gasteiger partial charge in [-0.3, -0.25) is 0 Å². The summed E-state index contributed by atoms with van der Waals surface area (Å²) < 4.78 is 12.1. The molecule has 0 unspecified atom stereocenters. The third-order valence-electron chi connectivity index (χ3n) is 3.23. The molecule has 2 aromatic rings. The van der Waals surface area contributed by atoms with Gasteiger partial charge < -0.3 is 14.8 Å². The molecule has 0 bridgehead atoms. The van der Waals surface area contributed by atoms with Crippen LogP contribution in [-0.4, -0.2) is 20.3 Å². The second-order valence-corrected chi connectivity index (χ2v) is 5.65. The molecule has 0 aliphatic heterocycles. The summed E-state index contributed by atoms with van der Waals surface area (Å²) >= 11 is 3.49. The lowest BCUT2D eigenvalue weighted by molar-refractivity contribution is 0.288. The van der Waals surface area contributed by atoms with Crippen molar-refractivity contribution in [2.45, 2.75) is 13.0 Å². The van der Waals surface area contributed by atoms with Gasteiger partial charge in [0, 0.05) is 17.1 Å². The second-order valence-electron chi connectivity index (χ2n) is 4.73. The number of rotatable bonds is 7. The largest absolute Gasteiger partial charge is 0.493 e. The van der Waals surface area contributed by atoms with Gasteiger partial charge in [-0.25, -0.2) is 0 Å². The van der Waals surface area contributed by atoms with Gasteiger partial charge in [0.05, 0.1) is 7.11 Å². The fourth-order valence-electron chi connectivity index (χ4n) is 2.07. The molecule has 0 spiro atoms. The summed E-state index contributed by atoms with van der Waals surface area (Å²) in [5.41, 5.74) is 1.25. The van der Waals surface area contributed by atoms with Crippen molar-refractivity contribution in [3.63, 3.8) is 0 Å². The van der Waals surface area contributed by atoms with Crippen molar-refractivity contribution < 1.29 is 9.47 Å². The summed E-state index contributed by atoms with van der Waals surface area (Å²) in [6.07, 6.45) is 0. The maximum Gasteiger partial charge on any atom is 0.161 e. The highest BCUT2D eigenvalue weighted by atomic mass is 79.9. The average molecular weight is 350 g/mol. The lowest BCUT2D eigenvalue weighted by atomic mass is 10.1. The first-order chi connectivity index (χ1) is 10.2. The Morgan fingerprint density at radius 3 is 2.57 bits per heavy atom. The molecule has 0 amide bonds. The van der Waals surface area contributed by atoms with Gasteiger partial charge in [-0.1, -0.05) is 40.2 Å². The van der Waals surface area contributed by atoms with Crippen molar-refractivity contribution in [1.82, 2.24) is 5.32 Å². The van der Waals surface area contributed by atoms with Gasteiger partial charge in [-0.05, 0) is 36.8 Å². The molecule has 112 valence electrons. The van der Waals surface area contributed by atoms with Crippen LogP contribution in [0.15, 0.2) is 53.0 Å². The van der Waals surface area contributed by atoms with Crippen LogP contribution >= 0.6 is 15.9 Å². The van der Waals surface area contributed by atoms with Gasteiger partial charge in [-0.2, -0.15) is 0 Å². The zero-order valence-corrected chi connectivity index (χ0v) is 13.9. The number of ether oxygens (including phenoxy) is 2. The predicted molar refractivity (Wildman–Crippen MR) is 89.0 cm³/mol. The Labute approximate surface area is 134 Å². The SMILES string of the molecule is COc1ccccc1OCCN[C@@H](C)c1cccc(Br)c1. The minimum absolute atomic E-state index is 0.281. The van der Waals surface area contributed by atoms with E-state index in [9.17, 15) is 0 Å². The number of halogens is 1. The van der Waals surface area contributed by atoms with E-state index in [2.05, 4.69) is 40.3 Å². The van der Waals surface area contributed by atoms with Crippen LogP contribution in [0.3, 0.4) is 0 Å². The van der Waals surface area contributed by atoms with Crippen molar-refractivity contribution in [3.8, 4) is 11.5 Å². The molecule has 0 fully saturated rings. The topological polar surface area (TPSA) is 30.5 Å². The molecule has 2 aromatic carbocycles. The van der Waals surface area contributed by atoms with Crippen LogP contribution in [0.5, 0.6) is 11.5 Å². The van der Waals surface area contributed by atoms with Gasteiger partial charge in [0.2, 0.25) is 0 Å². The van der Waals surface area contributed by atoms with E-state index in [-0.39, 0.29) is 6.04 Å². The van der Waals surface area contributed by atoms with E-state index in [0.717, 1.165) is 22.5 Å². The quantitative estimate of drug-likeness (QED) is 0.760. The molecule has 4 heteroatoms. The highest BCUT2D eigenvalue weighted by Gasteiger charge is 2.06. The number of benzene rings is 2. The third kappa shape index (κ3) is 4.76. The van der Waals surface area contributed by atoms with E-state index in [1.165, 1.54) is 5.56 Å². The summed E-state index contributed by atoms with van der Waals surface area (Å²) in [6, 6.07) is 16.3. The summed E-state index contributed by atoms with van der Waals surface area (Å²) in [5, 5.41) is 3.45. The second kappa shape index (κ2) is 8.05. The summed E-state index contributed by atoms with van der Waals surface area (Å²) in [7, 11) is 1.65. The number of para-hydroxylation sites is 2. The molecular weight excluding hydrogens is 330 g/mol. The van der Waals surface area contributed by atoms with E-state index in [1.807, 2.05) is 36.4 Å². The molecule has 0 aliphatic rings. The minimum atomic E-state index is 0.281. The minimum Gasteiger partial charge on any atom is -0.493 e. The molecule has 0 saturated carbocycles. The Morgan fingerprint density at radius 2 is 1.86 bits per heavy atom. The fraction of sp³-hybridized carbons (Fsp3) is 0.294. The average Bonchev–Trinajstić information content (AvgIpc) is 2.51. The van der Waals surface area contributed by atoms with Crippen LogP contribution in [0.4, 0.5) is 0 Å². The fourth-order valence-corrected chi connectivity index (χ4v) is 2.49. The van der Waals surface area contributed by atoms with E-state index >= 15 is 0 Å². The maximum atomic E-state index is 5.74. The highest BCUT2D eigenvalue weighted by Crippen LogP contribution is 2.25. The van der Waals surface area contributed by atoms with E-state index in [0.29, 0.717) is 6.61 Å². The van der Waals surface area contributed by atoms with Crippen molar-refractivity contribution in [2.75, 3.05) is 20.3 Å². The number of nitrogens with one attached hydrogen (secondary N) is 1. The van der Waals surface area contributed by atoms with Gasteiger partial charge >= 0.3 is 0 Å². The predicted octanol–water partition coefficient (Wildman–Crippen LogP) is 4.19. The standard InChI is InChI=1S/C17H20BrNO2/c1-13(14-6-5-7-15(18)12-14)19-10-11-21-17-9-4-3-8-16(17)20-2/h3-9,12-13,19H,10-11H2,1-2H3/t13-/m0/s1. The Kier molecular flexibility index (Phi) is 6.08. The molecule has 21 heavy (non-hydrogen) atoms. The maximum absolute atomic E-state index is 5.74. The smallest absolute Gasteiger partial charge is 0.161 e. The molecule has 0 heterocycles. The molecule has 0 aliphatic carbocycles. The number of hydrogen-bond acceptors (Lipinski definition) is 3. The third-order valence-corrected chi connectivity index (χ3v) is 3.72. The van der Waals surface area contributed by atoms with Gasteiger partial charge in [0.25, 0.3) is 0 Å². The lowest BCUT2D eigenvalue weighted by Gasteiger charge is -2.15. The Balaban J connectivity index is 1.79. The lowest BCUT2D eigenvalue weighted by Crippen LogP contribution is -2.24. The zero-order chi connectivity index (χ0) is 15.1. The molecule has 1 N–H and O–H groups in total. The van der Waals surface area contributed by atoms with Crippen LogP contribution < -0.4 is 14.8 Å². The summed E-state index contributed by atoms with van der Waals surface area (Å²) in [5.74, 6) is 1.54. The van der Waals surface area contributed by atoms with Crippen LogP contribution in [0.25, 0.3) is 0 Å². The normalized spacial score (nSPS) is 12.0. The van der Waals surface area contributed by atoms with E-state index in [1.54, 1.807) is 7.11 Å². The van der Waals surface area contributed by atoms with Crippen molar-refractivity contribution in [3.05, 3.63) is 58.6 Å². The Hall–Kier alpha value is -1.52. The first kappa shape index (κ1) is 15.9. The molecule has 0 radical (unpaired) electrons. The molecule has 3 nitrogen and oxygen atoms in total. The number of hydrogen-bond donors (Lipinski definition) is 1. The van der Waals surface area contributed by atoms with Crippen LogP contribution in [0.2, 0.25) is 0 Å². The molecule has 0 saturated heterocycles. The van der Waals surface area contributed by atoms with Gasteiger partial charge in [-0.15, -0.1) is 0 Å². The van der Waals surface area contributed by atoms with Crippen molar-refractivity contribution in [2.24, 2.45) is 0 Å². The Morgan fingerprint density at radius 1 is 1.10 bits per heavy atom. The number of methoxy groups -OCH3 is 1.